The molecule has 0 bridgehead atoms. The van der Waals surface area contributed by atoms with Crippen molar-refractivity contribution >= 4 is 31.9 Å². The fourth-order valence-corrected chi connectivity index (χ4v) is 6.31. The highest BCUT2D eigenvalue weighted by molar-refractivity contribution is 7.90. The Labute approximate surface area is 193 Å². The highest BCUT2D eigenvalue weighted by Gasteiger charge is 2.41. The van der Waals surface area contributed by atoms with Gasteiger partial charge in [0.05, 0.1) is 17.0 Å². The molecule has 1 aliphatic rings. The van der Waals surface area contributed by atoms with Crippen molar-refractivity contribution in [2.45, 2.75) is 43.5 Å². The summed E-state index contributed by atoms with van der Waals surface area (Å²) in [5.74, 6) is -2.00. The summed E-state index contributed by atoms with van der Waals surface area (Å²) in [7, 11) is -8.03. The summed E-state index contributed by atoms with van der Waals surface area (Å²) < 4.78 is 59.0. The summed E-state index contributed by atoms with van der Waals surface area (Å²) >= 11 is 0. The lowest BCUT2D eigenvalue weighted by atomic mass is 10.1. The van der Waals surface area contributed by atoms with Crippen LogP contribution in [0.2, 0.25) is 0 Å². The molecule has 0 spiro atoms. The predicted octanol–water partition coefficient (Wildman–Crippen LogP) is 1.99. The van der Waals surface area contributed by atoms with Crippen LogP contribution in [0.3, 0.4) is 0 Å². The molecule has 0 aliphatic carbocycles. The van der Waals surface area contributed by atoms with Gasteiger partial charge in [0, 0.05) is 0 Å². The molecule has 0 aromatic heterocycles. The number of carbonyl (C=O) groups excluding carboxylic acids is 2. The first-order valence-electron chi connectivity index (χ1n) is 10.3. The smallest absolute Gasteiger partial charge is 0.324 e. The van der Waals surface area contributed by atoms with E-state index >= 15 is 0 Å². The minimum absolute atomic E-state index is 0.0237. The SMILES string of the molecule is Cc1ccc(S(=O)(=O)NC(C(=O)OCCN2C(=O)c3ccccc3S2(=O)=O)C(C)C)cc1C. The minimum Gasteiger partial charge on any atom is -0.463 e. The third-order valence-electron chi connectivity index (χ3n) is 5.44. The number of fused-ring (bicyclic) bond motifs is 1. The first-order valence-corrected chi connectivity index (χ1v) is 13.2. The zero-order chi connectivity index (χ0) is 24.6. The summed E-state index contributed by atoms with van der Waals surface area (Å²) in [5, 5.41) is 0. The van der Waals surface area contributed by atoms with Gasteiger partial charge in [-0.1, -0.05) is 32.0 Å². The van der Waals surface area contributed by atoms with E-state index in [9.17, 15) is 26.4 Å². The fraction of sp³-hybridized carbons (Fsp3) is 0.364. The molecule has 33 heavy (non-hydrogen) atoms. The molecule has 1 unspecified atom stereocenters. The Hall–Kier alpha value is -2.76. The van der Waals surface area contributed by atoms with Gasteiger partial charge < -0.3 is 4.74 Å². The van der Waals surface area contributed by atoms with Gasteiger partial charge in [-0.25, -0.2) is 21.1 Å². The van der Waals surface area contributed by atoms with Crippen molar-refractivity contribution in [1.29, 1.82) is 0 Å². The summed E-state index contributed by atoms with van der Waals surface area (Å²) in [6, 6.07) is 9.28. The van der Waals surface area contributed by atoms with Gasteiger partial charge in [0.15, 0.2) is 0 Å². The molecular weight excluding hydrogens is 468 g/mol. The van der Waals surface area contributed by atoms with E-state index in [1.54, 1.807) is 32.9 Å². The predicted molar refractivity (Wildman–Crippen MR) is 120 cm³/mol. The van der Waals surface area contributed by atoms with Crippen molar-refractivity contribution in [3.05, 3.63) is 59.2 Å². The van der Waals surface area contributed by atoms with E-state index in [1.165, 1.54) is 30.3 Å². The van der Waals surface area contributed by atoms with Crippen LogP contribution in [0.1, 0.15) is 35.3 Å². The van der Waals surface area contributed by atoms with Crippen molar-refractivity contribution in [1.82, 2.24) is 9.03 Å². The Morgan fingerprint density at radius 3 is 2.36 bits per heavy atom. The average molecular weight is 495 g/mol. The topological polar surface area (TPSA) is 127 Å². The highest BCUT2D eigenvalue weighted by Crippen LogP contribution is 2.29. The molecule has 0 radical (unpaired) electrons. The van der Waals surface area contributed by atoms with E-state index in [1.807, 2.05) is 6.92 Å². The second kappa shape index (κ2) is 9.24. The number of benzene rings is 2. The van der Waals surface area contributed by atoms with E-state index < -0.39 is 50.5 Å². The van der Waals surface area contributed by atoms with Crippen LogP contribution in [0.4, 0.5) is 0 Å². The number of sulfonamides is 2. The summed E-state index contributed by atoms with van der Waals surface area (Å²) in [6.45, 7) is 6.16. The minimum atomic E-state index is -4.02. The summed E-state index contributed by atoms with van der Waals surface area (Å²) in [5.41, 5.74) is 1.78. The molecule has 178 valence electrons. The van der Waals surface area contributed by atoms with Crippen LogP contribution in [-0.4, -0.2) is 52.2 Å². The maximum Gasteiger partial charge on any atom is 0.324 e. The Morgan fingerprint density at radius 1 is 1.09 bits per heavy atom. The molecule has 2 aromatic rings. The molecule has 1 aliphatic heterocycles. The van der Waals surface area contributed by atoms with Gasteiger partial charge in [-0.3, -0.25) is 9.59 Å². The van der Waals surface area contributed by atoms with Crippen molar-refractivity contribution in [3.63, 3.8) is 0 Å². The first kappa shape index (κ1) is 24.9. The van der Waals surface area contributed by atoms with Crippen molar-refractivity contribution < 1.29 is 31.2 Å². The quantitative estimate of drug-likeness (QED) is 0.556. The maximum absolute atomic E-state index is 12.8. The lowest BCUT2D eigenvalue weighted by molar-refractivity contribution is -0.146. The molecule has 0 fully saturated rings. The van der Waals surface area contributed by atoms with Crippen LogP contribution >= 0.6 is 0 Å². The Kier molecular flexibility index (Phi) is 6.96. The Bertz CT molecular complexity index is 1300. The fourth-order valence-electron chi connectivity index (χ4n) is 3.34. The van der Waals surface area contributed by atoms with Crippen molar-refractivity contribution in [2.75, 3.05) is 13.2 Å². The normalized spacial score (nSPS) is 16.0. The molecule has 1 heterocycles. The number of nitrogens with one attached hydrogen (secondary N) is 1. The lowest BCUT2D eigenvalue weighted by Crippen LogP contribution is -2.46. The van der Waals surface area contributed by atoms with Gasteiger partial charge in [0.25, 0.3) is 15.9 Å². The molecule has 11 heteroatoms. The van der Waals surface area contributed by atoms with Gasteiger partial charge in [0.2, 0.25) is 10.0 Å². The van der Waals surface area contributed by atoms with Crippen LogP contribution in [0.25, 0.3) is 0 Å². The molecule has 1 amide bonds. The van der Waals surface area contributed by atoms with E-state index in [-0.39, 0.29) is 21.9 Å². The second-order valence-corrected chi connectivity index (χ2v) is 11.7. The average Bonchev–Trinajstić information content (AvgIpc) is 2.94. The second-order valence-electron chi connectivity index (χ2n) is 8.14. The molecule has 9 nitrogen and oxygen atoms in total. The molecule has 3 rings (SSSR count). The number of rotatable bonds is 8. The largest absolute Gasteiger partial charge is 0.463 e. The van der Waals surface area contributed by atoms with Crippen LogP contribution in [0.5, 0.6) is 0 Å². The number of esters is 1. The molecular formula is C22H26N2O7S2. The number of ether oxygens (including phenoxy) is 1. The van der Waals surface area contributed by atoms with Gasteiger partial charge in [-0.15, -0.1) is 0 Å². The van der Waals surface area contributed by atoms with Gasteiger partial charge in [-0.2, -0.15) is 4.72 Å². The van der Waals surface area contributed by atoms with Crippen LogP contribution in [0.15, 0.2) is 52.3 Å². The zero-order valence-electron chi connectivity index (χ0n) is 18.7. The number of nitrogens with zero attached hydrogens (tertiary/aromatic N) is 1. The monoisotopic (exact) mass is 494 g/mol. The number of amides is 1. The summed E-state index contributed by atoms with van der Waals surface area (Å²) in [6.07, 6.45) is 0. The molecule has 1 N–H and O–H groups in total. The van der Waals surface area contributed by atoms with E-state index in [0.717, 1.165) is 11.1 Å². The third kappa shape index (κ3) is 4.94. The van der Waals surface area contributed by atoms with Crippen molar-refractivity contribution in [2.24, 2.45) is 5.92 Å². The zero-order valence-corrected chi connectivity index (χ0v) is 20.4. The van der Waals surface area contributed by atoms with Crippen LogP contribution in [0, 0.1) is 19.8 Å². The number of aryl methyl sites for hydroxylation is 2. The molecule has 0 saturated heterocycles. The Balaban J connectivity index is 1.68. The molecule has 2 aromatic carbocycles. The van der Waals surface area contributed by atoms with E-state index in [4.69, 9.17) is 4.74 Å². The van der Waals surface area contributed by atoms with Gasteiger partial charge in [0.1, 0.15) is 17.5 Å². The standard InChI is InChI=1S/C22H26N2O7S2/c1-14(2)20(23-32(27,28)17-10-9-15(3)16(4)13-17)22(26)31-12-11-24-21(25)18-7-5-6-8-19(18)33(24,29)30/h5-10,13-14,20,23H,11-12H2,1-4H3. The number of hydrogen-bond donors (Lipinski definition) is 1. The lowest BCUT2D eigenvalue weighted by Gasteiger charge is -2.22. The number of hydrogen-bond acceptors (Lipinski definition) is 7. The third-order valence-corrected chi connectivity index (χ3v) is 8.72. The van der Waals surface area contributed by atoms with E-state index in [0.29, 0.717) is 4.31 Å². The summed E-state index contributed by atoms with van der Waals surface area (Å²) in [4.78, 5) is 25.0. The Morgan fingerprint density at radius 2 is 1.76 bits per heavy atom. The van der Waals surface area contributed by atoms with Crippen LogP contribution < -0.4 is 4.72 Å². The molecule has 0 saturated carbocycles. The first-order chi connectivity index (χ1) is 15.4. The van der Waals surface area contributed by atoms with Gasteiger partial charge in [-0.05, 0) is 55.2 Å². The highest BCUT2D eigenvalue weighted by atomic mass is 32.2. The van der Waals surface area contributed by atoms with Crippen LogP contribution in [-0.2, 0) is 29.6 Å². The number of carbonyl (C=O) groups is 2. The van der Waals surface area contributed by atoms with Gasteiger partial charge >= 0.3 is 5.97 Å². The van der Waals surface area contributed by atoms with Crippen molar-refractivity contribution in [3.8, 4) is 0 Å². The molecule has 1 atom stereocenters. The van der Waals surface area contributed by atoms with E-state index in [2.05, 4.69) is 4.72 Å². The maximum atomic E-state index is 12.8.